The van der Waals surface area contributed by atoms with Gasteiger partial charge in [-0.15, -0.1) is 0 Å². The van der Waals surface area contributed by atoms with E-state index in [-0.39, 0.29) is 0 Å². The molecule has 23 heavy (non-hydrogen) atoms. The van der Waals surface area contributed by atoms with Crippen LogP contribution in [0, 0.1) is 0 Å². The fourth-order valence-electron chi connectivity index (χ4n) is 2.40. The molecule has 3 aromatic rings. The first-order valence-electron chi connectivity index (χ1n) is 7.16. The molecule has 0 saturated carbocycles. The second-order valence-corrected chi connectivity index (χ2v) is 4.99. The third kappa shape index (κ3) is 3.00. The molecular weight excluding hydrogens is 294 g/mol. The minimum absolute atomic E-state index is 0.344. The zero-order valence-corrected chi connectivity index (χ0v) is 12.7. The Morgan fingerprint density at radius 3 is 3.00 bits per heavy atom. The number of rotatable bonds is 6. The number of benzene rings is 1. The molecule has 0 bridgehead atoms. The fourth-order valence-corrected chi connectivity index (χ4v) is 2.40. The van der Waals surface area contributed by atoms with Crippen LogP contribution in [0.2, 0.25) is 0 Å². The second kappa shape index (κ2) is 6.45. The maximum Gasteiger partial charge on any atom is 0.252 e. The highest BCUT2D eigenvalue weighted by atomic mass is 16.5. The van der Waals surface area contributed by atoms with Crippen LogP contribution in [0.1, 0.15) is 10.4 Å². The largest absolute Gasteiger partial charge is 0.383 e. The predicted octanol–water partition coefficient (Wildman–Crippen LogP) is 1.92. The fraction of sp³-hybridized carbons (Fsp3) is 0.188. The highest BCUT2D eigenvalue weighted by molar-refractivity contribution is 6.00. The monoisotopic (exact) mass is 311 g/mol. The Kier molecular flexibility index (Phi) is 4.20. The van der Waals surface area contributed by atoms with Gasteiger partial charge < -0.3 is 15.8 Å². The minimum Gasteiger partial charge on any atom is -0.383 e. The van der Waals surface area contributed by atoms with Gasteiger partial charge in [0.15, 0.2) is 0 Å². The van der Waals surface area contributed by atoms with Crippen LogP contribution in [0.15, 0.2) is 42.7 Å². The molecule has 7 nitrogen and oxygen atoms in total. The summed E-state index contributed by atoms with van der Waals surface area (Å²) in [6.45, 7) is 1.25. The van der Waals surface area contributed by atoms with Crippen molar-refractivity contribution < 1.29 is 9.53 Å². The van der Waals surface area contributed by atoms with Crippen LogP contribution in [0.5, 0.6) is 0 Å². The molecule has 7 heteroatoms. The van der Waals surface area contributed by atoms with E-state index in [2.05, 4.69) is 15.4 Å². The number of nitrogens with zero attached hydrogens (tertiary/aromatic N) is 3. The van der Waals surface area contributed by atoms with Gasteiger partial charge in [0.2, 0.25) is 0 Å². The first-order valence-corrected chi connectivity index (χ1v) is 7.16. The molecule has 0 atom stereocenters. The Balaban J connectivity index is 1.98. The lowest BCUT2D eigenvalue weighted by Gasteiger charge is -2.10. The summed E-state index contributed by atoms with van der Waals surface area (Å²) in [6.07, 6.45) is 3.39. The van der Waals surface area contributed by atoms with Crippen molar-refractivity contribution >= 4 is 28.3 Å². The lowest BCUT2D eigenvalue weighted by molar-refractivity contribution is 0.100. The average molecular weight is 311 g/mol. The number of carbonyl (C=O) groups excluding carboxylic acids is 1. The molecule has 3 N–H and O–H groups in total. The maximum absolute atomic E-state index is 11.5. The summed E-state index contributed by atoms with van der Waals surface area (Å²) in [6, 6.07) is 9.12. The van der Waals surface area contributed by atoms with Crippen LogP contribution in [-0.4, -0.2) is 34.4 Å². The normalized spacial score (nSPS) is 10.8. The highest BCUT2D eigenvalue weighted by Gasteiger charge is 2.12. The summed E-state index contributed by atoms with van der Waals surface area (Å²) in [5.74, 6) is -0.0966. The highest BCUT2D eigenvalue weighted by Crippen LogP contribution is 2.26. The first kappa shape index (κ1) is 15.0. The average Bonchev–Trinajstić information content (AvgIpc) is 2.97. The molecule has 2 aromatic heterocycles. The van der Waals surface area contributed by atoms with Crippen molar-refractivity contribution in [3.63, 3.8) is 0 Å². The first-order chi connectivity index (χ1) is 11.2. The van der Waals surface area contributed by atoms with Crippen molar-refractivity contribution in [2.45, 2.75) is 6.54 Å². The molecule has 1 amide bonds. The molecule has 0 unspecified atom stereocenters. The van der Waals surface area contributed by atoms with Crippen LogP contribution in [0.4, 0.5) is 11.5 Å². The summed E-state index contributed by atoms with van der Waals surface area (Å²) < 4.78 is 6.97. The third-order valence-corrected chi connectivity index (χ3v) is 3.52. The molecule has 0 aliphatic heterocycles. The number of nitrogens with one attached hydrogen (secondary N) is 1. The van der Waals surface area contributed by atoms with Crippen molar-refractivity contribution in [3.8, 4) is 0 Å². The summed E-state index contributed by atoms with van der Waals surface area (Å²) in [7, 11) is 1.66. The maximum atomic E-state index is 11.5. The van der Waals surface area contributed by atoms with Crippen LogP contribution >= 0.6 is 0 Å². The van der Waals surface area contributed by atoms with Gasteiger partial charge in [0.25, 0.3) is 5.91 Å². The Bertz CT molecular complexity index is 843. The van der Waals surface area contributed by atoms with Crippen molar-refractivity contribution in [1.29, 1.82) is 0 Å². The Morgan fingerprint density at radius 2 is 2.22 bits per heavy atom. The summed E-state index contributed by atoms with van der Waals surface area (Å²) in [4.78, 5) is 15.7. The second-order valence-electron chi connectivity index (χ2n) is 4.99. The van der Waals surface area contributed by atoms with Crippen LogP contribution in [-0.2, 0) is 11.3 Å². The van der Waals surface area contributed by atoms with Gasteiger partial charge in [-0.05, 0) is 24.3 Å². The molecule has 0 saturated heterocycles. The van der Waals surface area contributed by atoms with Crippen molar-refractivity contribution in [1.82, 2.24) is 14.8 Å². The number of carbonyl (C=O) groups is 1. The molecule has 0 aliphatic rings. The van der Waals surface area contributed by atoms with E-state index < -0.39 is 5.91 Å². The van der Waals surface area contributed by atoms with Gasteiger partial charge in [0.1, 0.15) is 5.82 Å². The number of fused-ring (bicyclic) bond motifs is 1. The molecule has 3 rings (SSSR count). The zero-order chi connectivity index (χ0) is 16.2. The lowest BCUT2D eigenvalue weighted by atomic mass is 10.2. The van der Waals surface area contributed by atoms with Gasteiger partial charge in [0, 0.05) is 18.7 Å². The zero-order valence-electron chi connectivity index (χ0n) is 12.7. The number of pyridine rings is 1. The van der Waals surface area contributed by atoms with Gasteiger partial charge >= 0.3 is 0 Å². The number of hydrogen-bond donors (Lipinski definition) is 2. The number of aromatic nitrogens is 3. The molecule has 0 fully saturated rings. The van der Waals surface area contributed by atoms with E-state index in [4.69, 9.17) is 10.5 Å². The van der Waals surface area contributed by atoms with E-state index in [1.807, 2.05) is 22.9 Å². The van der Waals surface area contributed by atoms with Gasteiger partial charge in [0.05, 0.1) is 36.1 Å². The van der Waals surface area contributed by atoms with Crippen LogP contribution in [0.3, 0.4) is 0 Å². The SMILES string of the molecule is COCCn1ncc2c(Nc3ncccc3C(N)=O)cccc21. The standard InChI is InChI=1S/C16H17N5O2/c1-23-9-8-21-14-6-2-5-13(12(14)10-19-21)20-16-11(15(17)22)4-3-7-18-16/h2-7,10H,8-9H2,1H3,(H2,17,22)(H,18,20). The molecular formula is C16H17N5O2. The summed E-state index contributed by atoms with van der Waals surface area (Å²) >= 11 is 0. The van der Waals surface area contributed by atoms with Crippen molar-refractivity contribution in [2.75, 3.05) is 19.0 Å². The van der Waals surface area contributed by atoms with E-state index in [0.717, 1.165) is 16.6 Å². The predicted molar refractivity (Wildman–Crippen MR) is 87.6 cm³/mol. The topological polar surface area (TPSA) is 95.1 Å². The van der Waals surface area contributed by atoms with Crippen LogP contribution < -0.4 is 11.1 Å². The minimum atomic E-state index is -0.524. The third-order valence-electron chi connectivity index (χ3n) is 3.52. The molecule has 0 radical (unpaired) electrons. The van der Waals surface area contributed by atoms with E-state index >= 15 is 0 Å². The van der Waals surface area contributed by atoms with Crippen molar-refractivity contribution in [3.05, 3.63) is 48.3 Å². The van der Waals surface area contributed by atoms with Gasteiger partial charge in [-0.1, -0.05) is 6.07 Å². The van der Waals surface area contributed by atoms with Crippen molar-refractivity contribution in [2.24, 2.45) is 5.73 Å². The molecule has 2 heterocycles. The molecule has 0 spiro atoms. The Morgan fingerprint density at radius 1 is 1.35 bits per heavy atom. The number of anilines is 2. The molecule has 0 aliphatic carbocycles. The molecule has 1 aromatic carbocycles. The smallest absolute Gasteiger partial charge is 0.252 e. The van der Waals surface area contributed by atoms with E-state index in [1.54, 1.807) is 31.6 Å². The van der Waals surface area contributed by atoms with E-state index in [1.165, 1.54) is 0 Å². The lowest BCUT2D eigenvalue weighted by Crippen LogP contribution is -2.14. The number of primary amides is 1. The number of methoxy groups -OCH3 is 1. The number of nitrogens with two attached hydrogens (primary N) is 1. The van der Waals surface area contributed by atoms with Crippen LogP contribution in [0.25, 0.3) is 10.9 Å². The number of hydrogen-bond acceptors (Lipinski definition) is 5. The Labute approximate surface area is 133 Å². The van der Waals surface area contributed by atoms with E-state index in [9.17, 15) is 4.79 Å². The number of ether oxygens (including phenoxy) is 1. The van der Waals surface area contributed by atoms with Gasteiger partial charge in [-0.3, -0.25) is 9.48 Å². The van der Waals surface area contributed by atoms with Gasteiger partial charge in [-0.25, -0.2) is 4.98 Å². The summed E-state index contributed by atoms with van der Waals surface area (Å²) in [5, 5.41) is 8.48. The summed E-state index contributed by atoms with van der Waals surface area (Å²) in [5.41, 5.74) is 7.52. The van der Waals surface area contributed by atoms with Gasteiger partial charge in [-0.2, -0.15) is 5.10 Å². The Hall–Kier alpha value is -2.93. The quantitative estimate of drug-likeness (QED) is 0.725. The van der Waals surface area contributed by atoms with E-state index in [0.29, 0.717) is 24.5 Å². The molecule has 118 valence electrons. The number of amides is 1.